The van der Waals surface area contributed by atoms with Gasteiger partial charge in [0.05, 0.1) is 6.54 Å². The van der Waals surface area contributed by atoms with Crippen LogP contribution < -0.4 is 24.8 Å². The van der Waals surface area contributed by atoms with Crippen molar-refractivity contribution in [1.82, 2.24) is 10.6 Å². The first kappa shape index (κ1) is 19.2. The fourth-order valence-electron chi connectivity index (χ4n) is 2.30. The first-order valence-corrected chi connectivity index (χ1v) is 8.95. The Labute approximate surface area is 149 Å². The molecule has 0 bridgehead atoms. The minimum Gasteiger partial charge on any atom is -0.492 e. The van der Waals surface area contributed by atoms with E-state index in [-0.39, 0.29) is 6.79 Å². The standard InChI is InChI=1S/C18H29N3O4/c1-3-19-18(20-9-5-6-11-22-4-2)21-10-12-23-15-7-8-16-17(13-15)25-14-24-16/h7-8,13H,3-6,9-12,14H2,1-2H3,(H2,19,20,21). The zero-order valence-corrected chi connectivity index (χ0v) is 15.2. The summed E-state index contributed by atoms with van der Waals surface area (Å²) >= 11 is 0. The first-order chi connectivity index (χ1) is 12.3. The molecule has 1 aromatic carbocycles. The summed E-state index contributed by atoms with van der Waals surface area (Å²) in [6, 6.07) is 5.59. The van der Waals surface area contributed by atoms with E-state index in [2.05, 4.69) is 22.5 Å². The summed E-state index contributed by atoms with van der Waals surface area (Å²) in [5, 5.41) is 6.50. The summed E-state index contributed by atoms with van der Waals surface area (Å²) in [5.74, 6) is 3.07. The van der Waals surface area contributed by atoms with Gasteiger partial charge in [-0.3, -0.25) is 4.99 Å². The average molecular weight is 351 g/mol. The molecule has 7 nitrogen and oxygen atoms in total. The number of rotatable bonds is 11. The maximum Gasteiger partial charge on any atom is 0.231 e. The third-order valence-corrected chi connectivity index (χ3v) is 3.52. The van der Waals surface area contributed by atoms with Crippen LogP contribution in [-0.2, 0) is 4.74 Å². The molecule has 0 saturated carbocycles. The highest BCUT2D eigenvalue weighted by Crippen LogP contribution is 2.34. The minimum atomic E-state index is 0.271. The van der Waals surface area contributed by atoms with Crippen molar-refractivity contribution in [2.75, 3.05) is 46.2 Å². The van der Waals surface area contributed by atoms with Gasteiger partial charge in [-0.15, -0.1) is 0 Å². The molecule has 2 N–H and O–H groups in total. The molecule has 0 fully saturated rings. The fraction of sp³-hybridized carbons (Fsp3) is 0.611. The van der Waals surface area contributed by atoms with Crippen LogP contribution in [0.2, 0.25) is 0 Å². The number of aliphatic imine (C=N–C) groups is 1. The van der Waals surface area contributed by atoms with Gasteiger partial charge >= 0.3 is 0 Å². The Morgan fingerprint density at radius 1 is 1.12 bits per heavy atom. The maximum absolute atomic E-state index is 5.73. The minimum absolute atomic E-state index is 0.271. The number of ether oxygens (including phenoxy) is 4. The highest BCUT2D eigenvalue weighted by atomic mass is 16.7. The van der Waals surface area contributed by atoms with Crippen LogP contribution >= 0.6 is 0 Å². The SMILES string of the molecule is CCNC(=NCCCCOCC)NCCOc1ccc2c(c1)OCO2. The van der Waals surface area contributed by atoms with E-state index in [1.165, 1.54) is 0 Å². The van der Waals surface area contributed by atoms with Gasteiger partial charge < -0.3 is 29.6 Å². The summed E-state index contributed by atoms with van der Waals surface area (Å²) in [5.41, 5.74) is 0. The highest BCUT2D eigenvalue weighted by Gasteiger charge is 2.13. The average Bonchev–Trinajstić information content (AvgIpc) is 3.09. The second-order valence-corrected chi connectivity index (χ2v) is 5.45. The van der Waals surface area contributed by atoms with Gasteiger partial charge in [0.25, 0.3) is 0 Å². The highest BCUT2D eigenvalue weighted by molar-refractivity contribution is 5.79. The molecule has 0 aliphatic carbocycles. The van der Waals surface area contributed by atoms with E-state index in [1.54, 1.807) is 0 Å². The molecule has 0 saturated heterocycles. The largest absolute Gasteiger partial charge is 0.492 e. The number of nitrogens with one attached hydrogen (secondary N) is 2. The molecule has 7 heteroatoms. The molecule has 2 rings (SSSR count). The molecular weight excluding hydrogens is 322 g/mol. The Kier molecular flexibility index (Phi) is 8.75. The Morgan fingerprint density at radius 2 is 2.00 bits per heavy atom. The van der Waals surface area contributed by atoms with Crippen molar-refractivity contribution in [3.05, 3.63) is 18.2 Å². The third-order valence-electron chi connectivity index (χ3n) is 3.52. The number of fused-ring (bicyclic) bond motifs is 1. The summed E-state index contributed by atoms with van der Waals surface area (Å²) in [6.45, 7) is 8.73. The zero-order chi connectivity index (χ0) is 17.7. The quantitative estimate of drug-likeness (QED) is 0.362. The Morgan fingerprint density at radius 3 is 2.84 bits per heavy atom. The molecule has 0 unspecified atom stereocenters. The number of nitrogens with zero attached hydrogens (tertiary/aromatic N) is 1. The lowest BCUT2D eigenvalue weighted by Crippen LogP contribution is -2.39. The lowest BCUT2D eigenvalue weighted by Gasteiger charge is -2.12. The smallest absolute Gasteiger partial charge is 0.231 e. The summed E-state index contributed by atoms with van der Waals surface area (Å²) in [7, 11) is 0. The molecule has 140 valence electrons. The van der Waals surface area contributed by atoms with Crippen LogP contribution in [0.5, 0.6) is 17.2 Å². The van der Waals surface area contributed by atoms with E-state index in [1.807, 2.05) is 25.1 Å². The molecule has 1 aliphatic heterocycles. The van der Waals surface area contributed by atoms with Crippen molar-refractivity contribution in [1.29, 1.82) is 0 Å². The molecule has 25 heavy (non-hydrogen) atoms. The molecular formula is C18H29N3O4. The third kappa shape index (κ3) is 7.09. The molecule has 0 spiro atoms. The maximum atomic E-state index is 5.73. The van der Waals surface area contributed by atoms with Gasteiger partial charge in [0.2, 0.25) is 6.79 Å². The lowest BCUT2D eigenvalue weighted by atomic mass is 10.3. The van der Waals surface area contributed by atoms with Crippen LogP contribution in [0.4, 0.5) is 0 Å². The van der Waals surface area contributed by atoms with E-state index in [4.69, 9.17) is 18.9 Å². The predicted octanol–water partition coefficient (Wildman–Crippen LogP) is 2.17. The topological polar surface area (TPSA) is 73.3 Å². The van der Waals surface area contributed by atoms with Crippen LogP contribution in [0.1, 0.15) is 26.7 Å². The Bertz CT molecular complexity index is 537. The Balaban J connectivity index is 1.64. The monoisotopic (exact) mass is 351 g/mol. The van der Waals surface area contributed by atoms with Gasteiger partial charge in [0.15, 0.2) is 17.5 Å². The van der Waals surface area contributed by atoms with E-state index in [0.717, 1.165) is 62.4 Å². The zero-order valence-electron chi connectivity index (χ0n) is 15.2. The van der Waals surface area contributed by atoms with Crippen LogP contribution in [0.15, 0.2) is 23.2 Å². The van der Waals surface area contributed by atoms with Crippen molar-refractivity contribution in [3.63, 3.8) is 0 Å². The van der Waals surface area contributed by atoms with Crippen molar-refractivity contribution >= 4 is 5.96 Å². The van der Waals surface area contributed by atoms with Crippen LogP contribution in [0.3, 0.4) is 0 Å². The number of benzene rings is 1. The molecule has 0 radical (unpaired) electrons. The van der Waals surface area contributed by atoms with Crippen molar-refractivity contribution in [2.45, 2.75) is 26.7 Å². The van der Waals surface area contributed by atoms with Gasteiger partial charge in [-0.1, -0.05) is 0 Å². The van der Waals surface area contributed by atoms with Gasteiger partial charge in [-0.25, -0.2) is 0 Å². The van der Waals surface area contributed by atoms with E-state index in [0.29, 0.717) is 13.2 Å². The van der Waals surface area contributed by atoms with E-state index in [9.17, 15) is 0 Å². The van der Waals surface area contributed by atoms with E-state index < -0.39 is 0 Å². The molecule has 1 aliphatic rings. The van der Waals surface area contributed by atoms with Gasteiger partial charge in [0.1, 0.15) is 12.4 Å². The lowest BCUT2D eigenvalue weighted by molar-refractivity contribution is 0.144. The van der Waals surface area contributed by atoms with Crippen molar-refractivity contribution < 1.29 is 18.9 Å². The predicted molar refractivity (Wildman–Crippen MR) is 97.8 cm³/mol. The van der Waals surface area contributed by atoms with Crippen LogP contribution in [0, 0.1) is 0 Å². The molecule has 1 heterocycles. The second-order valence-electron chi connectivity index (χ2n) is 5.45. The van der Waals surface area contributed by atoms with E-state index >= 15 is 0 Å². The second kappa shape index (κ2) is 11.4. The van der Waals surface area contributed by atoms with Crippen LogP contribution in [-0.4, -0.2) is 52.2 Å². The number of hydrogen-bond donors (Lipinski definition) is 2. The van der Waals surface area contributed by atoms with Gasteiger partial charge in [-0.2, -0.15) is 0 Å². The molecule has 0 amide bonds. The Hall–Kier alpha value is -2.15. The number of hydrogen-bond acceptors (Lipinski definition) is 5. The van der Waals surface area contributed by atoms with Gasteiger partial charge in [-0.05, 0) is 38.8 Å². The number of unbranched alkanes of at least 4 members (excludes halogenated alkanes) is 1. The van der Waals surface area contributed by atoms with Crippen molar-refractivity contribution in [3.8, 4) is 17.2 Å². The van der Waals surface area contributed by atoms with Crippen LogP contribution in [0.25, 0.3) is 0 Å². The number of guanidine groups is 1. The molecule has 0 atom stereocenters. The molecule has 1 aromatic rings. The van der Waals surface area contributed by atoms with Gasteiger partial charge in [0, 0.05) is 32.4 Å². The normalized spacial score (nSPS) is 13.0. The first-order valence-electron chi connectivity index (χ1n) is 8.95. The summed E-state index contributed by atoms with van der Waals surface area (Å²) < 4.78 is 21.7. The fourth-order valence-corrected chi connectivity index (χ4v) is 2.30. The molecule has 0 aromatic heterocycles. The summed E-state index contributed by atoms with van der Waals surface area (Å²) in [4.78, 5) is 4.55. The van der Waals surface area contributed by atoms with Crippen molar-refractivity contribution in [2.24, 2.45) is 4.99 Å². The summed E-state index contributed by atoms with van der Waals surface area (Å²) in [6.07, 6.45) is 2.05.